The second kappa shape index (κ2) is 16.2. The number of carboxylic acids is 1. The Morgan fingerprint density at radius 3 is 2.24 bits per heavy atom. The zero-order chi connectivity index (χ0) is 35.6. The Kier molecular flexibility index (Phi) is 11.9. The molecule has 0 saturated heterocycles. The number of benzene rings is 3. The van der Waals surface area contributed by atoms with Crippen LogP contribution >= 0.6 is 0 Å². The van der Waals surface area contributed by atoms with Gasteiger partial charge in [-0.25, -0.2) is 9.78 Å². The van der Waals surface area contributed by atoms with E-state index in [0.29, 0.717) is 16.7 Å². The molecule has 0 bridgehead atoms. The predicted molar refractivity (Wildman–Crippen MR) is 173 cm³/mol. The Hall–Kier alpha value is -5.96. The van der Waals surface area contributed by atoms with Gasteiger partial charge in [-0.3, -0.25) is 29.1 Å². The molecule has 0 saturated carbocycles. The molecular formula is C34H33F2N5O8. The maximum Gasteiger partial charge on any atom is 0.412 e. The largest absolute Gasteiger partial charge is 0.480 e. The molecule has 0 fully saturated rings. The van der Waals surface area contributed by atoms with Crippen LogP contribution in [-0.4, -0.2) is 68.3 Å². The van der Waals surface area contributed by atoms with Crippen molar-refractivity contribution in [3.63, 3.8) is 0 Å². The number of aryl methyl sites for hydroxylation is 1. The quantitative estimate of drug-likeness (QED) is 0.134. The summed E-state index contributed by atoms with van der Waals surface area (Å²) in [6.07, 6.45) is -3.07. The molecule has 49 heavy (non-hydrogen) atoms. The van der Waals surface area contributed by atoms with E-state index in [-0.39, 0.29) is 24.5 Å². The molecule has 0 spiro atoms. The molecule has 0 aliphatic carbocycles. The molecule has 0 aliphatic heterocycles. The SMILES string of the molecule is Cc1cccc(-c2ncc(NC(=O)OCc3ccccc3)c(=O)n2CC(=O)NC(Cc2ccccc2)C(O)C(F)(F)C(=O)NCC(=O)O)c1. The number of amides is 3. The van der Waals surface area contributed by atoms with Crippen LogP contribution in [0.15, 0.2) is 95.9 Å². The van der Waals surface area contributed by atoms with Gasteiger partial charge in [-0.05, 0) is 30.5 Å². The van der Waals surface area contributed by atoms with Crippen LogP contribution in [0, 0.1) is 6.92 Å². The van der Waals surface area contributed by atoms with Crippen molar-refractivity contribution in [1.82, 2.24) is 20.2 Å². The number of hydrogen-bond acceptors (Lipinski definition) is 8. The number of nitrogens with zero attached hydrogens (tertiary/aromatic N) is 2. The zero-order valence-corrected chi connectivity index (χ0v) is 26.1. The fraction of sp³-hybridized carbons (Fsp3) is 0.235. The topological polar surface area (TPSA) is 189 Å². The van der Waals surface area contributed by atoms with Crippen molar-refractivity contribution in [1.29, 1.82) is 0 Å². The summed E-state index contributed by atoms with van der Waals surface area (Å²) in [6.45, 7) is -0.237. The first-order valence-corrected chi connectivity index (χ1v) is 14.9. The van der Waals surface area contributed by atoms with Crippen molar-refractivity contribution in [2.45, 2.75) is 44.6 Å². The van der Waals surface area contributed by atoms with E-state index in [4.69, 9.17) is 9.84 Å². The van der Waals surface area contributed by atoms with Crippen LogP contribution in [0.4, 0.5) is 19.3 Å². The molecule has 4 rings (SSSR count). The highest BCUT2D eigenvalue weighted by Crippen LogP contribution is 2.24. The number of rotatable bonds is 14. The lowest BCUT2D eigenvalue weighted by Gasteiger charge is -2.29. The predicted octanol–water partition coefficient (Wildman–Crippen LogP) is 2.89. The van der Waals surface area contributed by atoms with E-state index in [0.717, 1.165) is 16.3 Å². The average molecular weight is 678 g/mol. The number of aliphatic hydroxyl groups excluding tert-OH is 1. The van der Waals surface area contributed by atoms with E-state index in [9.17, 15) is 29.1 Å². The average Bonchev–Trinajstić information content (AvgIpc) is 3.08. The summed E-state index contributed by atoms with van der Waals surface area (Å²) < 4.78 is 36.3. The summed E-state index contributed by atoms with van der Waals surface area (Å²) in [7, 11) is 0. The van der Waals surface area contributed by atoms with Crippen LogP contribution in [-0.2, 0) is 38.7 Å². The van der Waals surface area contributed by atoms with Gasteiger partial charge >= 0.3 is 18.0 Å². The number of nitrogens with one attached hydrogen (secondary N) is 3. The van der Waals surface area contributed by atoms with Crippen LogP contribution in [0.1, 0.15) is 16.7 Å². The third-order valence-electron chi connectivity index (χ3n) is 7.17. The Balaban J connectivity index is 1.62. The normalized spacial score (nSPS) is 12.3. The number of hydrogen-bond donors (Lipinski definition) is 5. The van der Waals surface area contributed by atoms with E-state index in [1.54, 1.807) is 91.9 Å². The molecule has 15 heteroatoms. The monoisotopic (exact) mass is 677 g/mol. The van der Waals surface area contributed by atoms with Gasteiger partial charge in [0, 0.05) is 5.56 Å². The third-order valence-corrected chi connectivity index (χ3v) is 7.17. The molecule has 3 aromatic carbocycles. The van der Waals surface area contributed by atoms with Gasteiger partial charge in [0.2, 0.25) is 5.91 Å². The summed E-state index contributed by atoms with van der Waals surface area (Å²) in [4.78, 5) is 67.0. The van der Waals surface area contributed by atoms with Crippen molar-refractivity contribution in [3.05, 3.63) is 118 Å². The number of aliphatic carboxylic acids is 1. The fourth-order valence-corrected chi connectivity index (χ4v) is 4.77. The molecule has 5 N–H and O–H groups in total. The van der Waals surface area contributed by atoms with Crippen molar-refractivity contribution >= 4 is 29.6 Å². The minimum Gasteiger partial charge on any atom is -0.480 e. The molecule has 1 heterocycles. The number of aliphatic hydroxyl groups is 1. The van der Waals surface area contributed by atoms with Gasteiger partial charge in [0.25, 0.3) is 11.5 Å². The minimum atomic E-state index is -4.53. The Morgan fingerprint density at radius 1 is 0.959 bits per heavy atom. The van der Waals surface area contributed by atoms with Crippen molar-refractivity contribution in [2.75, 3.05) is 11.9 Å². The van der Waals surface area contributed by atoms with Crippen molar-refractivity contribution < 1.29 is 42.9 Å². The number of aromatic nitrogens is 2. The number of ether oxygens (including phenoxy) is 1. The lowest BCUT2D eigenvalue weighted by atomic mass is 9.96. The van der Waals surface area contributed by atoms with E-state index in [1.807, 2.05) is 0 Å². The second-order valence-corrected chi connectivity index (χ2v) is 11.0. The Morgan fingerprint density at radius 2 is 1.61 bits per heavy atom. The molecular weight excluding hydrogens is 644 g/mol. The molecule has 4 aromatic rings. The highest BCUT2D eigenvalue weighted by Gasteiger charge is 2.50. The van der Waals surface area contributed by atoms with Crippen LogP contribution in [0.3, 0.4) is 0 Å². The first-order valence-electron chi connectivity index (χ1n) is 14.9. The molecule has 0 aliphatic rings. The van der Waals surface area contributed by atoms with Gasteiger partial charge in [0.15, 0.2) is 0 Å². The molecule has 2 atom stereocenters. The van der Waals surface area contributed by atoms with E-state index in [1.165, 1.54) is 5.32 Å². The smallest absolute Gasteiger partial charge is 0.412 e. The minimum absolute atomic E-state index is 0.00518. The molecule has 3 amide bonds. The van der Waals surface area contributed by atoms with Gasteiger partial charge in [0.05, 0.1) is 12.2 Å². The van der Waals surface area contributed by atoms with Crippen LogP contribution in [0.25, 0.3) is 11.4 Å². The maximum atomic E-state index is 15.1. The van der Waals surface area contributed by atoms with Gasteiger partial charge in [-0.2, -0.15) is 8.78 Å². The maximum absolute atomic E-state index is 15.1. The number of anilines is 1. The van der Waals surface area contributed by atoms with Crippen molar-refractivity contribution in [3.8, 4) is 11.4 Å². The number of alkyl halides is 2. The van der Waals surface area contributed by atoms with Gasteiger partial charge in [-0.1, -0.05) is 84.4 Å². The third kappa shape index (κ3) is 9.77. The first-order chi connectivity index (χ1) is 23.3. The highest BCUT2D eigenvalue weighted by molar-refractivity contribution is 5.87. The van der Waals surface area contributed by atoms with E-state index < -0.39 is 60.6 Å². The number of carbonyl (C=O) groups is 4. The van der Waals surface area contributed by atoms with Gasteiger partial charge < -0.3 is 25.6 Å². The molecule has 13 nitrogen and oxygen atoms in total. The number of carbonyl (C=O) groups excluding carboxylic acids is 3. The Labute approximate surface area is 278 Å². The second-order valence-electron chi connectivity index (χ2n) is 11.0. The summed E-state index contributed by atoms with van der Waals surface area (Å²) in [5.74, 6) is -9.20. The standard InChI is InChI=1S/C34H33F2N5O8/c1-21-9-8-14-24(15-21)30-37-17-26(40-33(48)49-20-23-12-6-3-7-13-23)31(46)41(30)19-27(42)39-25(16-22-10-4-2-5-11-22)29(45)34(35,36)32(47)38-18-28(43)44/h2-15,17,25,29,45H,16,18-20H2,1H3,(H,38,47)(H,39,42)(H,40,48)(H,43,44). The van der Waals surface area contributed by atoms with Crippen LogP contribution in [0.5, 0.6) is 0 Å². The summed E-state index contributed by atoms with van der Waals surface area (Å²) in [5.41, 5.74) is 1.10. The molecule has 0 radical (unpaired) electrons. The molecule has 256 valence electrons. The number of carboxylic acid groups (broad SMARTS) is 1. The van der Waals surface area contributed by atoms with Crippen LogP contribution in [0.2, 0.25) is 0 Å². The lowest BCUT2D eigenvalue weighted by molar-refractivity contribution is -0.168. The molecule has 1 aromatic heterocycles. The zero-order valence-electron chi connectivity index (χ0n) is 26.1. The van der Waals surface area contributed by atoms with Gasteiger partial charge in [0.1, 0.15) is 37.3 Å². The van der Waals surface area contributed by atoms with E-state index in [2.05, 4.69) is 15.6 Å². The molecule has 2 unspecified atom stereocenters. The van der Waals surface area contributed by atoms with Crippen molar-refractivity contribution in [2.24, 2.45) is 0 Å². The summed E-state index contributed by atoms with van der Waals surface area (Å²) in [5, 5.41) is 25.6. The van der Waals surface area contributed by atoms with E-state index >= 15 is 8.78 Å². The summed E-state index contributed by atoms with van der Waals surface area (Å²) in [6, 6.07) is 21.7. The lowest BCUT2D eigenvalue weighted by Crippen LogP contribution is -2.59. The fourth-order valence-electron chi connectivity index (χ4n) is 4.77. The Bertz CT molecular complexity index is 1850. The summed E-state index contributed by atoms with van der Waals surface area (Å²) >= 11 is 0. The van der Waals surface area contributed by atoms with Gasteiger partial charge in [-0.15, -0.1) is 0 Å². The number of halogens is 2. The highest BCUT2D eigenvalue weighted by atomic mass is 19.3. The first kappa shape index (κ1) is 35.9. The van der Waals surface area contributed by atoms with Crippen LogP contribution < -0.4 is 21.5 Å².